The van der Waals surface area contributed by atoms with Gasteiger partial charge in [-0.3, -0.25) is 33.6 Å². The highest BCUT2D eigenvalue weighted by Gasteiger charge is 2.44. The number of aromatic hydroxyl groups is 1. The molecule has 7 amide bonds. The fourth-order valence-electron chi connectivity index (χ4n) is 9.33. The number of aromatic amines is 1. The van der Waals surface area contributed by atoms with Gasteiger partial charge in [-0.15, -0.1) is 0 Å². The normalized spacial score (nSPS) is 26.5. The fraction of sp³-hybridized carbons (Fsp3) is 0.491. The van der Waals surface area contributed by atoms with Gasteiger partial charge < -0.3 is 98.8 Å². The third kappa shape index (κ3) is 19.4. The monoisotopic (exact) mass is 1340 g/mol. The molecule has 27 nitrogen and oxygen atoms in total. The largest absolute Gasteiger partial charge is 0.507 e. The average molecular weight is 1340 g/mol. The molecule has 1 aromatic heterocycles. The van der Waals surface area contributed by atoms with Crippen molar-refractivity contribution in [1.29, 1.82) is 0 Å². The van der Waals surface area contributed by atoms with Crippen LogP contribution < -0.4 is 48.3 Å². The van der Waals surface area contributed by atoms with Gasteiger partial charge in [-0.25, -0.2) is 4.79 Å². The molecule has 3 aromatic carbocycles. The number of ether oxygens (including phenoxy) is 1. The van der Waals surface area contributed by atoms with Crippen molar-refractivity contribution in [2.75, 3.05) is 24.6 Å². The Hall–Kier alpha value is -6.17. The summed E-state index contributed by atoms with van der Waals surface area (Å²) in [5, 5.41) is 105. The Kier molecular flexibility index (Phi) is 26.0. The molecule has 30 heteroatoms. The van der Waals surface area contributed by atoms with E-state index in [1.165, 1.54) is 19.1 Å². The van der Waals surface area contributed by atoms with Gasteiger partial charge in [0.25, 0.3) is 0 Å². The predicted octanol–water partition coefficient (Wildman–Crippen LogP) is -2.97. The number of rotatable bonds is 20. The van der Waals surface area contributed by atoms with Crippen LogP contribution in [0.2, 0.25) is 0 Å². The van der Waals surface area contributed by atoms with E-state index in [9.17, 15) is 69.6 Å². The lowest BCUT2D eigenvalue weighted by Crippen LogP contribution is -2.63. The number of nitrogens with two attached hydrogens (primary N) is 1. The van der Waals surface area contributed by atoms with Crippen LogP contribution >= 0.6 is 44.2 Å². The molecule has 0 spiro atoms. The van der Waals surface area contributed by atoms with Crippen LogP contribution in [-0.2, 0) is 62.4 Å². The Balaban J connectivity index is 1.43. The van der Waals surface area contributed by atoms with Crippen molar-refractivity contribution in [1.82, 2.24) is 47.5 Å². The number of para-hydroxylation sites is 1. The van der Waals surface area contributed by atoms with E-state index in [-0.39, 0.29) is 50.2 Å². The summed E-state index contributed by atoms with van der Waals surface area (Å²) in [5.74, 6) is -9.33. The molecule has 2 saturated heterocycles. The van der Waals surface area contributed by atoms with Crippen LogP contribution in [0.25, 0.3) is 10.9 Å². The minimum Gasteiger partial charge on any atom is -0.507 e. The van der Waals surface area contributed by atoms with Crippen LogP contribution in [0.3, 0.4) is 0 Å². The van der Waals surface area contributed by atoms with Crippen LogP contribution in [-0.4, -0.2) is 209 Å². The number of aliphatic hydroxyl groups is 6. The number of carboxylic acid groups (broad SMARTS) is 1. The molecular weight excluding hydrogens is 1260 g/mol. The summed E-state index contributed by atoms with van der Waals surface area (Å²) in [5.41, 5.74) is 8.09. The maximum Gasteiger partial charge on any atom is 0.328 e. The zero-order chi connectivity index (χ0) is 62.1. The molecule has 15 atom stereocenters. The number of halogens is 1. The number of nitrogens with one attached hydrogen (secondary N) is 9. The number of hydrogen-bond donors (Lipinski definition) is 18. The number of phenolic OH excluding ortho intramolecular Hbond substituents is 1. The summed E-state index contributed by atoms with van der Waals surface area (Å²) in [7, 11) is 1.72. The SMILES string of the molecule is C[C@@H](O)[C@H](NC(=O)[C@@H]1CSSC[C@H](NC(=O)[C@@H](Cc2ccccc2)NC[C@H]2O[C@H](O)[C@H](O)[C@@H](O)[C@@H]2O)C(=O)N[C@@H](Cc2ccc(O)c(I)c2)C(=O)N[C@H](Cc2c[nH]c3ccccc23)C(=O)N[C@@H](CCCCN)C(=O)N[C@@H]([C@@H](C)O)C(=O)N1)C(=O)O. The minimum atomic E-state index is -1.90. The number of fused-ring (bicyclic) bond motifs is 1. The van der Waals surface area contributed by atoms with E-state index in [1.807, 2.05) is 22.6 Å². The Bertz CT molecular complexity index is 2950. The number of carbonyl (C=O) groups is 8. The number of aliphatic hydroxyl groups excluding tert-OH is 6. The van der Waals surface area contributed by atoms with Gasteiger partial charge in [0.05, 0.1) is 21.8 Å². The van der Waals surface area contributed by atoms with Crippen molar-refractivity contribution in [3.63, 3.8) is 0 Å². The van der Waals surface area contributed by atoms with E-state index in [0.29, 0.717) is 37.6 Å². The minimum absolute atomic E-state index is 0.0636. The number of H-pyrrole nitrogens is 1. The molecule has 0 unspecified atom stereocenters. The second kappa shape index (κ2) is 32.5. The molecule has 3 heterocycles. The van der Waals surface area contributed by atoms with E-state index in [0.717, 1.165) is 28.5 Å². The number of carbonyl (C=O) groups excluding carboxylic acids is 7. The summed E-state index contributed by atoms with van der Waals surface area (Å²) < 4.78 is 5.75. The first-order valence-electron chi connectivity index (χ1n) is 27.3. The van der Waals surface area contributed by atoms with E-state index >= 15 is 9.59 Å². The Labute approximate surface area is 510 Å². The molecule has 4 aromatic rings. The van der Waals surface area contributed by atoms with Crippen molar-refractivity contribution >= 4 is 102 Å². The maximum absolute atomic E-state index is 15.1. The van der Waals surface area contributed by atoms with E-state index in [4.69, 9.17) is 10.5 Å². The lowest BCUT2D eigenvalue weighted by atomic mass is 9.98. The molecule has 2 fully saturated rings. The zero-order valence-electron chi connectivity index (χ0n) is 46.3. The molecular formula is C55H73IN10O17S2. The average Bonchev–Trinajstić information content (AvgIpc) is 3.81. The lowest BCUT2D eigenvalue weighted by Gasteiger charge is -2.38. The van der Waals surface area contributed by atoms with Crippen molar-refractivity contribution in [3.05, 3.63) is 99.3 Å². The molecule has 2 aliphatic heterocycles. The fourth-order valence-corrected chi connectivity index (χ4v) is 12.2. The standard InChI is InChI=1S/C55H73IN10O17S2/c1-26(67)42-53(79)64-39(52(78)66-43(27(2)68)54(80)81)25-85-84-24-38(63-48(74)35(19-28-10-4-3-5-11-28)59-23-41-44(70)45(71)46(72)55(82)83-41)51(77)61-36(20-29-15-16-40(69)32(56)18-29)49(75)62-37(21-30-22-58-33-13-7-6-12-31(30)33)50(76)60-34(47(73)65-42)14-8-9-17-57/h3-7,10-13,15-16,18,22,26-27,34-39,41-46,55,58-59,67-72,82H,8-9,14,17,19-21,23-25,57H2,1-2H3,(H,60,76)(H,61,77)(H,62,75)(H,63,74)(H,64,79)(H,65,73)(H,66,78)(H,80,81)/t26-,27-,34+,35-,36+,37-,38+,39+,41-,42+,43+,44-,45+,46-,55+/m1/s1. The van der Waals surface area contributed by atoms with Gasteiger partial charge >= 0.3 is 5.97 Å². The highest BCUT2D eigenvalue weighted by Crippen LogP contribution is 2.26. The van der Waals surface area contributed by atoms with Crippen LogP contribution in [0.15, 0.2) is 79.0 Å². The number of aliphatic carboxylic acids is 1. The molecule has 19 N–H and O–H groups in total. The van der Waals surface area contributed by atoms with Crippen LogP contribution in [0.4, 0.5) is 0 Å². The van der Waals surface area contributed by atoms with Crippen LogP contribution in [0, 0.1) is 3.57 Å². The van der Waals surface area contributed by atoms with Crippen molar-refractivity contribution in [2.45, 2.75) is 144 Å². The summed E-state index contributed by atoms with van der Waals surface area (Å²) in [6.07, 6.45) is -10.3. The highest BCUT2D eigenvalue weighted by atomic mass is 127. The molecule has 464 valence electrons. The molecule has 0 bridgehead atoms. The van der Waals surface area contributed by atoms with Crippen molar-refractivity contribution < 1.29 is 83.9 Å². The third-order valence-electron chi connectivity index (χ3n) is 14.2. The Morgan fingerprint density at radius 1 is 0.753 bits per heavy atom. The van der Waals surface area contributed by atoms with E-state index < -0.39 is 151 Å². The maximum atomic E-state index is 15.1. The van der Waals surface area contributed by atoms with Crippen molar-refractivity contribution in [3.8, 4) is 5.75 Å². The number of amides is 7. The van der Waals surface area contributed by atoms with Gasteiger partial charge in [-0.1, -0.05) is 76.2 Å². The summed E-state index contributed by atoms with van der Waals surface area (Å²) in [6, 6.07) is 7.44. The van der Waals surface area contributed by atoms with Gasteiger partial charge in [-0.05, 0) is 104 Å². The van der Waals surface area contributed by atoms with Crippen molar-refractivity contribution in [2.24, 2.45) is 5.73 Å². The van der Waals surface area contributed by atoms with Gasteiger partial charge in [0.15, 0.2) is 12.3 Å². The topological polar surface area (TPSA) is 446 Å². The molecule has 0 saturated carbocycles. The number of hydrogen-bond acceptors (Lipinski definition) is 20. The molecule has 0 aliphatic carbocycles. The quantitative estimate of drug-likeness (QED) is 0.0239. The van der Waals surface area contributed by atoms with Gasteiger partial charge in [0.1, 0.15) is 66.4 Å². The summed E-state index contributed by atoms with van der Waals surface area (Å²) >= 11 is 1.88. The molecule has 0 radical (unpaired) electrons. The Morgan fingerprint density at radius 3 is 2.07 bits per heavy atom. The first-order valence-corrected chi connectivity index (χ1v) is 30.9. The second-order valence-corrected chi connectivity index (χ2v) is 24.4. The molecule has 2 aliphatic rings. The Morgan fingerprint density at radius 2 is 1.40 bits per heavy atom. The van der Waals surface area contributed by atoms with E-state index in [1.54, 1.807) is 66.9 Å². The smallest absolute Gasteiger partial charge is 0.328 e. The number of benzene rings is 3. The highest BCUT2D eigenvalue weighted by molar-refractivity contribution is 14.1. The second-order valence-electron chi connectivity index (χ2n) is 20.7. The lowest BCUT2D eigenvalue weighted by molar-refractivity contribution is -0.280. The van der Waals surface area contributed by atoms with Crippen LogP contribution in [0.1, 0.15) is 49.8 Å². The number of unbranched alkanes of at least 4 members (excludes halogenated alkanes) is 1. The number of carboxylic acids is 1. The molecule has 85 heavy (non-hydrogen) atoms. The third-order valence-corrected chi connectivity index (χ3v) is 17.5. The first kappa shape index (κ1) is 67.9. The number of aromatic nitrogens is 1. The van der Waals surface area contributed by atoms with Gasteiger partial charge in [0, 0.05) is 48.0 Å². The predicted molar refractivity (Wildman–Crippen MR) is 320 cm³/mol. The van der Waals surface area contributed by atoms with Gasteiger partial charge in [0.2, 0.25) is 41.4 Å². The zero-order valence-corrected chi connectivity index (χ0v) is 50.1. The number of phenols is 1. The first-order chi connectivity index (χ1) is 40.4. The van der Waals surface area contributed by atoms with Crippen LogP contribution in [0.5, 0.6) is 5.75 Å². The van der Waals surface area contributed by atoms with Gasteiger partial charge in [-0.2, -0.15) is 0 Å². The van der Waals surface area contributed by atoms with E-state index in [2.05, 4.69) is 47.5 Å². The summed E-state index contributed by atoms with van der Waals surface area (Å²) in [4.78, 5) is 118. The molecule has 6 rings (SSSR count). The summed E-state index contributed by atoms with van der Waals surface area (Å²) in [6.45, 7) is 2.09.